The highest BCUT2D eigenvalue weighted by Crippen LogP contribution is 1.79. The van der Waals surface area contributed by atoms with Crippen molar-refractivity contribution in [2.24, 2.45) is 0 Å². The Hall–Kier alpha value is -0.785. The maximum atomic E-state index is 2.00. The monoisotopic (exact) mass is 112 g/mol. The van der Waals surface area contributed by atoms with Crippen LogP contribution in [-0.4, -0.2) is 8.41 Å². The van der Waals surface area contributed by atoms with E-state index >= 15 is 0 Å². The first-order chi connectivity index (χ1) is 3.00. The molecule has 1 aromatic carbocycles. The Morgan fingerprint density at radius 2 is 0.625 bits per heavy atom. The summed E-state index contributed by atoms with van der Waals surface area (Å²) in [5.74, 6) is 0. The lowest BCUT2D eigenvalue weighted by molar-refractivity contribution is 1.11. The SMILES string of the molecule is B.F.c1ccccc1. The fraction of sp³-hybridized carbons (Fsp3) is 0. The number of hydrogen-bond acceptors (Lipinski definition) is 0. The van der Waals surface area contributed by atoms with Gasteiger partial charge in [0.2, 0.25) is 0 Å². The summed E-state index contributed by atoms with van der Waals surface area (Å²) in [6.45, 7) is 0. The fourth-order valence-corrected chi connectivity index (χ4v) is 0.385. The molecule has 0 fully saturated rings. The Balaban J connectivity index is 0. The normalized spacial score (nSPS) is 6.00. The van der Waals surface area contributed by atoms with Gasteiger partial charge in [0, 0.05) is 0 Å². The average Bonchev–Trinajstić information content (AvgIpc) is 1.72. The Kier molecular flexibility index (Phi) is 7.96. The molecule has 0 N–H and O–H groups in total. The van der Waals surface area contributed by atoms with E-state index in [1.54, 1.807) is 0 Å². The molecule has 0 spiro atoms. The second kappa shape index (κ2) is 6.21. The first-order valence-electron chi connectivity index (χ1n) is 2.00. The predicted octanol–water partition coefficient (Wildman–Crippen LogP) is 0.655. The van der Waals surface area contributed by atoms with Gasteiger partial charge >= 0.3 is 0 Å². The molecule has 0 nitrogen and oxygen atoms in total. The van der Waals surface area contributed by atoms with Crippen LogP contribution in [0, 0.1) is 0 Å². The zero-order chi connectivity index (χ0) is 4.24. The van der Waals surface area contributed by atoms with Gasteiger partial charge in [-0.1, -0.05) is 36.4 Å². The minimum atomic E-state index is 0. The summed E-state index contributed by atoms with van der Waals surface area (Å²) in [6.07, 6.45) is 0. The maximum Gasteiger partial charge on any atom is 0.0814 e. The lowest BCUT2D eigenvalue weighted by Gasteiger charge is -1.69. The number of benzene rings is 1. The molecule has 0 radical (unpaired) electrons. The van der Waals surface area contributed by atoms with E-state index in [0.29, 0.717) is 0 Å². The highest BCUT2D eigenvalue weighted by molar-refractivity contribution is 5.75. The molecule has 0 aliphatic heterocycles. The van der Waals surface area contributed by atoms with Crippen molar-refractivity contribution >= 4 is 8.41 Å². The molecule has 0 bridgehead atoms. The molecule has 0 saturated heterocycles. The molecule has 0 saturated carbocycles. The van der Waals surface area contributed by atoms with Crippen LogP contribution in [0.25, 0.3) is 0 Å². The molecular formula is C6H10BF. The van der Waals surface area contributed by atoms with E-state index in [4.69, 9.17) is 0 Å². The van der Waals surface area contributed by atoms with Gasteiger partial charge in [-0.15, -0.1) is 0 Å². The van der Waals surface area contributed by atoms with E-state index in [0.717, 1.165) is 0 Å². The zero-order valence-corrected chi connectivity index (χ0v) is 3.87. The third-order valence-electron chi connectivity index (χ3n) is 0.667. The molecule has 8 heavy (non-hydrogen) atoms. The predicted molar refractivity (Wildman–Crippen MR) is 38.9 cm³/mol. The molecule has 0 amide bonds. The first kappa shape index (κ1) is 10.2. The Morgan fingerprint density at radius 3 is 0.750 bits per heavy atom. The zero-order valence-electron chi connectivity index (χ0n) is 3.87. The van der Waals surface area contributed by atoms with Crippen LogP contribution in [0.2, 0.25) is 0 Å². The van der Waals surface area contributed by atoms with Crippen LogP contribution in [0.3, 0.4) is 0 Å². The minimum absolute atomic E-state index is 0. The summed E-state index contributed by atoms with van der Waals surface area (Å²) in [5, 5.41) is 0. The molecule has 0 atom stereocenters. The third kappa shape index (κ3) is 3.41. The van der Waals surface area contributed by atoms with Gasteiger partial charge in [-0.05, 0) is 0 Å². The Labute approximate surface area is 50.5 Å². The van der Waals surface area contributed by atoms with Crippen molar-refractivity contribution in [2.45, 2.75) is 0 Å². The van der Waals surface area contributed by atoms with Crippen LogP contribution in [0.1, 0.15) is 0 Å². The van der Waals surface area contributed by atoms with Crippen LogP contribution in [-0.2, 0) is 0 Å². The molecule has 2 heteroatoms. The quantitative estimate of drug-likeness (QED) is 0.432. The second-order valence-electron chi connectivity index (χ2n) is 1.15. The van der Waals surface area contributed by atoms with Gasteiger partial charge in [-0.3, -0.25) is 4.70 Å². The van der Waals surface area contributed by atoms with Gasteiger partial charge < -0.3 is 0 Å². The van der Waals surface area contributed by atoms with E-state index in [2.05, 4.69) is 0 Å². The second-order valence-corrected chi connectivity index (χ2v) is 1.15. The molecule has 0 aromatic heterocycles. The molecule has 0 heterocycles. The Morgan fingerprint density at radius 1 is 0.500 bits per heavy atom. The standard InChI is InChI=1S/C6H6.BH3.FH/c1-2-4-6-5-3-1;;/h1-6H;1H3;1H. The summed E-state index contributed by atoms with van der Waals surface area (Å²) >= 11 is 0. The topological polar surface area (TPSA) is 0 Å². The molecule has 0 aliphatic carbocycles. The van der Waals surface area contributed by atoms with Crippen molar-refractivity contribution < 1.29 is 4.70 Å². The third-order valence-corrected chi connectivity index (χ3v) is 0.667. The van der Waals surface area contributed by atoms with Crippen LogP contribution >= 0.6 is 0 Å². The van der Waals surface area contributed by atoms with Crippen LogP contribution < -0.4 is 0 Å². The lowest BCUT2D eigenvalue weighted by Crippen LogP contribution is -1.47. The van der Waals surface area contributed by atoms with E-state index in [1.807, 2.05) is 36.4 Å². The van der Waals surface area contributed by atoms with Crippen LogP contribution in [0.5, 0.6) is 0 Å². The molecule has 0 unspecified atom stereocenters. The fourth-order valence-electron chi connectivity index (χ4n) is 0.385. The maximum absolute atomic E-state index is 2.00. The Bertz CT molecular complexity index is 80.5. The molecule has 44 valence electrons. The van der Waals surface area contributed by atoms with E-state index in [1.165, 1.54) is 0 Å². The molecule has 0 aliphatic rings. The van der Waals surface area contributed by atoms with Crippen molar-refractivity contribution in [3.05, 3.63) is 36.4 Å². The highest BCUT2D eigenvalue weighted by Gasteiger charge is 1.57. The lowest BCUT2D eigenvalue weighted by atomic mass is 10.4. The van der Waals surface area contributed by atoms with Crippen molar-refractivity contribution in [1.29, 1.82) is 0 Å². The van der Waals surface area contributed by atoms with E-state index < -0.39 is 0 Å². The molecular weight excluding hydrogens is 102 g/mol. The number of rotatable bonds is 0. The minimum Gasteiger partial charge on any atom is -0.269 e. The number of halogens is 1. The van der Waals surface area contributed by atoms with Crippen LogP contribution in [0.4, 0.5) is 4.70 Å². The molecule has 1 rings (SSSR count). The van der Waals surface area contributed by atoms with Crippen molar-refractivity contribution in [1.82, 2.24) is 0 Å². The summed E-state index contributed by atoms with van der Waals surface area (Å²) in [6, 6.07) is 12.0. The van der Waals surface area contributed by atoms with E-state index in [-0.39, 0.29) is 13.1 Å². The largest absolute Gasteiger partial charge is 0.269 e. The van der Waals surface area contributed by atoms with Gasteiger partial charge in [0.05, 0.1) is 8.41 Å². The van der Waals surface area contributed by atoms with Gasteiger partial charge in [0.15, 0.2) is 0 Å². The smallest absolute Gasteiger partial charge is 0.0814 e. The summed E-state index contributed by atoms with van der Waals surface area (Å²) in [7, 11) is 0. The van der Waals surface area contributed by atoms with Crippen molar-refractivity contribution in [2.75, 3.05) is 0 Å². The first-order valence-corrected chi connectivity index (χ1v) is 2.00. The molecule has 1 aromatic rings. The van der Waals surface area contributed by atoms with Gasteiger partial charge in [-0.25, -0.2) is 0 Å². The highest BCUT2D eigenvalue weighted by atomic mass is 19.0. The van der Waals surface area contributed by atoms with Crippen molar-refractivity contribution in [3.8, 4) is 0 Å². The van der Waals surface area contributed by atoms with Crippen molar-refractivity contribution in [3.63, 3.8) is 0 Å². The van der Waals surface area contributed by atoms with Gasteiger partial charge in [-0.2, -0.15) is 0 Å². The average molecular weight is 112 g/mol. The van der Waals surface area contributed by atoms with Crippen LogP contribution in [0.15, 0.2) is 36.4 Å². The summed E-state index contributed by atoms with van der Waals surface area (Å²) < 4.78 is 0. The number of hydrogen-bond donors (Lipinski definition) is 0. The van der Waals surface area contributed by atoms with Gasteiger partial charge in [0.1, 0.15) is 0 Å². The summed E-state index contributed by atoms with van der Waals surface area (Å²) in [4.78, 5) is 0. The van der Waals surface area contributed by atoms with Gasteiger partial charge in [0.25, 0.3) is 0 Å². The summed E-state index contributed by atoms with van der Waals surface area (Å²) in [5.41, 5.74) is 0. The van der Waals surface area contributed by atoms with E-state index in [9.17, 15) is 0 Å².